The van der Waals surface area contributed by atoms with E-state index in [0.717, 1.165) is 4.57 Å². The molecular formula is C16H16ClN5O4. The van der Waals surface area contributed by atoms with Crippen LogP contribution < -0.4 is 16.3 Å². The number of urea groups is 1. The number of carbonyl (C=O) groups excluding carboxylic acids is 3. The van der Waals surface area contributed by atoms with Crippen molar-refractivity contribution in [3.63, 3.8) is 0 Å². The Labute approximate surface area is 152 Å². The molecule has 0 radical (unpaired) electrons. The van der Waals surface area contributed by atoms with Gasteiger partial charge in [-0.1, -0.05) is 18.5 Å². The van der Waals surface area contributed by atoms with Gasteiger partial charge in [0.05, 0.1) is 17.2 Å². The molecule has 1 aliphatic rings. The Morgan fingerprint density at radius 1 is 1.35 bits per heavy atom. The first-order valence-corrected chi connectivity index (χ1v) is 8.24. The molecule has 136 valence electrons. The smallest absolute Gasteiger partial charge is 0.322 e. The van der Waals surface area contributed by atoms with E-state index in [-0.39, 0.29) is 0 Å². The van der Waals surface area contributed by atoms with Crippen molar-refractivity contribution in [2.24, 2.45) is 0 Å². The highest BCUT2D eigenvalue weighted by molar-refractivity contribution is 6.31. The number of imide groups is 1. The third-order valence-corrected chi connectivity index (χ3v) is 4.54. The number of fused-ring (bicyclic) bond motifs is 1. The number of hydrogen-bond acceptors (Lipinski definition) is 5. The molecule has 9 nitrogen and oxygen atoms in total. The summed E-state index contributed by atoms with van der Waals surface area (Å²) in [4.78, 5) is 52.9. The zero-order valence-electron chi connectivity index (χ0n) is 14.1. The quantitative estimate of drug-likeness (QED) is 0.765. The predicted molar refractivity (Wildman–Crippen MR) is 93.2 cm³/mol. The summed E-state index contributed by atoms with van der Waals surface area (Å²) in [5.41, 5.74) is 1.14. The minimum atomic E-state index is -1.06. The first-order valence-electron chi connectivity index (χ1n) is 7.86. The number of hydrogen-bond donors (Lipinski definition) is 2. The molecule has 1 unspecified atom stereocenters. The monoisotopic (exact) mass is 377 g/mol. The van der Waals surface area contributed by atoms with Crippen LogP contribution in [0.25, 0.3) is 10.9 Å². The minimum Gasteiger partial charge on any atom is -0.322 e. The number of benzene rings is 1. The lowest BCUT2D eigenvalue weighted by Gasteiger charge is -2.19. The number of halogens is 1. The molecule has 3 rings (SSSR count). The van der Waals surface area contributed by atoms with Gasteiger partial charge in [-0.25, -0.2) is 9.78 Å². The van der Waals surface area contributed by atoms with Gasteiger partial charge in [0.25, 0.3) is 17.4 Å². The lowest BCUT2D eigenvalue weighted by atomic mass is 10.00. The molecule has 1 atom stereocenters. The van der Waals surface area contributed by atoms with Crippen molar-refractivity contribution in [3.05, 3.63) is 39.9 Å². The molecule has 0 saturated carbocycles. The van der Waals surface area contributed by atoms with Gasteiger partial charge >= 0.3 is 6.03 Å². The molecule has 1 aliphatic heterocycles. The Bertz CT molecular complexity index is 988. The largest absolute Gasteiger partial charge is 0.344 e. The summed E-state index contributed by atoms with van der Waals surface area (Å²) in [6.07, 6.45) is 1.59. The number of amides is 4. The van der Waals surface area contributed by atoms with E-state index in [4.69, 9.17) is 11.6 Å². The molecule has 2 heterocycles. The zero-order chi connectivity index (χ0) is 19.1. The second kappa shape index (κ2) is 6.41. The number of nitrogens with one attached hydrogen (secondary N) is 2. The van der Waals surface area contributed by atoms with Gasteiger partial charge in [0.1, 0.15) is 12.1 Å². The van der Waals surface area contributed by atoms with E-state index >= 15 is 0 Å². The van der Waals surface area contributed by atoms with Crippen molar-refractivity contribution < 1.29 is 14.4 Å². The number of hydrazine groups is 1. The fourth-order valence-corrected chi connectivity index (χ4v) is 2.75. The molecule has 1 aromatic carbocycles. The van der Waals surface area contributed by atoms with E-state index in [9.17, 15) is 19.2 Å². The van der Waals surface area contributed by atoms with Crippen LogP contribution in [-0.4, -0.2) is 37.9 Å². The number of carbonyl (C=O) groups is 3. The van der Waals surface area contributed by atoms with Gasteiger partial charge in [-0.05, 0) is 31.5 Å². The van der Waals surface area contributed by atoms with E-state index in [2.05, 4.69) is 15.7 Å². The Morgan fingerprint density at radius 3 is 2.73 bits per heavy atom. The van der Waals surface area contributed by atoms with Crippen LogP contribution in [0.5, 0.6) is 0 Å². The zero-order valence-corrected chi connectivity index (χ0v) is 14.8. The summed E-state index contributed by atoms with van der Waals surface area (Å²) >= 11 is 5.86. The maximum absolute atomic E-state index is 12.4. The standard InChI is InChI=1S/C16H16ClN5O4/c1-3-16(2)14(25)22(15(26)19-16)20-12(23)7-21-8-18-11-6-9(17)4-5-10(11)13(21)24/h4-6,8H,3,7H2,1-2H3,(H,19,26)(H,20,23). The van der Waals surface area contributed by atoms with Crippen molar-refractivity contribution >= 4 is 40.3 Å². The SMILES string of the molecule is CCC1(C)NC(=O)N(NC(=O)Cn2cnc3cc(Cl)ccc3c2=O)C1=O. The molecule has 26 heavy (non-hydrogen) atoms. The van der Waals surface area contributed by atoms with Crippen LogP contribution in [-0.2, 0) is 16.1 Å². The summed E-state index contributed by atoms with van der Waals surface area (Å²) in [5, 5.41) is 3.90. The maximum Gasteiger partial charge on any atom is 0.344 e. The predicted octanol–water partition coefficient (Wildman–Crippen LogP) is 0.802. The van der Waals surface area contributed by atoms with Crippen LogP contribution in [0.4, 0.5) is 4.79 Å². The Balaban J connectivity index is 1.79. The second-order valence-electron chi connectivity index (χ2n) is 6.13. The molecule has 2 N–H and O–H groups in total. The van der Waals surface area contributed by atoms with Crippen LogP contribution in [0.3, 0.4) is 0 Å². The average Bonchev–Trinajstić information content (AvgIpc) is 2.81. The Kier molecular flexibility index (Phi) is 4.41. The molecule has 1 aromatic heterocycles. The van der Waals surface area contributed by atoms with Crippen molar-refractivity contribution in [2.45, 2.75) is 32.4 Å². The molecule has 4 amide bonds. The molecule has 0 aliphatic carbocycles. The van der Waals surface area contributed by atoms with Gasteiger partial charge in [0.2, 0.25) is 0 Å². The molecule has 1 saturated heterocycles. The highest BCUT2D eigenvalue weighted by Crippen LogP contribution is 2.19. The fourth-order valence-electron chi connectivity index (χ4n) is 2.58. The molecule has 1 fully saturated rings. The average molecular weight is 378 g/mol. The van der Waals surface area contributed by atoms with Gasteiger partial charge < -0.3 is 5.32 Å². The summed E-state index contributed by atoms with van der Waals surface area (Å²) in [6.45, 7) is 2.92. The Morgan fingerprint density at radius 2 is 2.08 bits per heavy atom. The van der Waals surface area contributed by atoms with Crippen LogP contribution in [0, 0.1) is 0 Å². The summed E-state index contributed by atoms with van der Waals surface area (Å²) < 4.78 is 1.09. The highest BCUT2D eigenvalue weighted by Gasteiger charge is 2.47. The summed E-state index contributed by atoms with van der Waals surface area (Å²) in [5.74, 6) is -1.26. The van der Waals surface area contributed by atoms with Crippen molar-refractivity contribution in [1.29, 1.82) is 0 Å². The van der Waals surface area contributed by atoms with Crippen LogP contribution in [0.2, 0.25) is 5.02 Å². The van der Waals surface area contributed by atoms with E-state index in [1.807, 2.05) is 0 Å². The van der Waals surface area contributed by atoms with Gasteiger partial charge in [0, 0.05) is 5.02 Å². The molecule has 10 heteroatoms. The van der Waals surface area contributed by atoms with Gasteiger partial charge in [-0.3, -0.25) is 24.4 Å². The lowest BCUT2D eigenvalue weighted by Crippen LogP contribution is -2.49. The number of rotatable bonds is 4. The van der Waals surface area contributed by atoms with Crippen molar-refractivity contribution in [1.82, 2.24) is 25.3 Å². The third-order valence-electron chi connectivity index (χ3n) is 4.31. The van der Waals surface area contributed by atoms with E-state index in [0.29, 0.717) is 27.4 Å². The minimum absolute atomic E-state index is 0.304. The topological polar surface area (TPSA) is 113 Å². The molecule has 2 aromatic rings. The Hall–Kier alpha value is -2.94. The summed E-state index contributed by atoms with van der Waals surface area (Å²) in [7, 11) is 0. The number of aromatic nitrogens is 2. The molecule has 0 bridgehead atoms. The fraction of sp³-hybridized carbons (Fsp3) is 0.312. The van der Waals surface area contributed by atoms with Crippen LogP contribution >= 0.6 is 11.6 Å². The van der Waals surface area contributed by atoms with E-state index < -0.39 is 35.5 Å². The van der Waals surface area contributed by atoms with E-state index in [1.165, 1.54) is 12.4 Å². The first-order chi connectivity index (χ1) is 12.2. The number of nitrogens with zero attached hydrogens (tertiary/aromatic N) is 3. The van der Waals surface area contributed by atoms with Gasteiger partial charge in [-0.2, -0.15) is 5.01 Å². The van der Waals surface area contributed by atoms with Gasteiger partial charge in [0.15, 0.2) is 0 Å². The molecule has 0 spiro atoms. The van der Waals surface area contributed by atoms with Crippen LogP contribution in [0.1, 0.15) is 20.3 Å². The van der Waals surface area contributed by atoms with Crippen molar-refractivity contribution in [3.8, 4) is 0 Å². The molecular weight excluding hydrogens is 362 g/mol. The van der Waals surface area contributed by atoms with Crippen molar-refractivity contribution in [2.75, 3.05) is 0 Å². The lowest BCUT2D eigenvalue weighted by molar-refractivity contribution is -0.139. The van der Waals surface area contributed by atoms with E-state index in [1.54, 1.807) is 26.0 Å². The highest BCUT2D eigenvalue weighted by atomic mass is 35.5. The third kappa shape index (κ3) is 3.01. The first kappa shape index (κ1) is 17.9. The van der Waals surface area contributed by atoms with Gasteiger partial charge in [-0.15, -0.1) is 0 Å². The summed E-state index contributed by atoms with van der Waals surface area (Å²) in [6, 6.07) is 3.90. The van der Waals surface area contributed by atoms with Crippen LogP contribution in [0.15, 0.2) is 29.3 Å². The maximum atomic E-state index is 12.4. The second-order valence-corrected chi connectivity index (χ2v) is 6.57. The normalized spacial score (nSPS) is 19.7.